The molecule has 2 heterocycles. The summed E-state index contributed by atoms with van der Waals surface area (Å²) in [5, 5.41) is 20.0. The molecular weight excluding hydrogens is 344 g/mol. The van der Waals surface area contributed by atoms with Gasteiger partial charge in [-0.2, -0.15) is 0 Å². The fraction of sp³-hybridized carbons (Fsp3) is 0.545. The molecule has 1 aliphatic rings. The highest BCUT2D eigenvalue weighted by Gasteiger charge is 2.44. The van der Waals surface area contributed by atoms with E-state index in [0.717, 1.165) is 0 Å². The number of pyridine rings is 1. The molecular formula is C11H14Cl2NO6P. The molecule has 10 heteroatoms. The normalized spacial score (nSPS) is 29.8. The van der Waals surface area contributed by atoms with Crippen molar-refractivity contribution in [2.24, 2.45) is 0 Å². The van der Waals surface area contributed by atoms with Crippen molar-refractivity contribution < 1.29 is 24.0 Å². The Kier molecular flexibility index (Phi) is 5.15. The number of aryl methyl sites for hydroxylation is 1. The van der Waals surface area contributed by atoms with E-state index in [1.54, 1.807) is 6.92 Å². The van der Waals surface area contributed by atoms with Gasteiger partial charge in [0, 0.05) is 17.3 Å². The lowest BCUT2D eigenvalue weighted by Gasteiger charge is -2.16. The maximum absolute atomic E-state index is 11.2. The molecule has 0 spiro atoms. The van der Waals surface area contributed by atoms with E-state index in [9.17, 15) is 19.6 Å². The first kappa shape index (κ1) is 17.0. The molecule has 7 nitrogen and oxygen atoms in total. The van der Waals surface area contributed by atoms with Crippen LogP contribution in [0.5, 0.6) is 0 Å². The van der Waals surface area contributed by atoms with Crippen LogP contribution in [0.1, 0.15) is 17.4 Å². The molecule has 4 atom stereocenters. The van der Waals surface area contributed by atoms with E-state index in [2.05, 4.69) is 4.98 Å². The first-order chi connectivity index (χ1) is 9.69. The van der Waals surface area contributed by atoms with Crippen LogP contribution in [0, 0.1) is 6.92 Å². The monoisotopic (exact) mass is 357 g/mol. The smallest absolute Gasteiger partial charge is 0.380 e. The second-order valence-electron chi connectivity index (χ2n) is 4.69. The Balaban J connectivity index is 2.16. The van der Waals surface area contributed by atoms with Crippen molar-refractivity contribution in [1.29, 1.82) is 0 Å². The number of H-pyrrole nitrogens is 1. The van der Waals surface area contributed by atoms with Gasteiger partial charge < -0.3 is 24.5 Å². The summed E-state index contributed by atoms with van der Waals surface area (Å²) in [5.41, 5.74) is 0.763. The summed E-state index contributed by atoms with van der Waals surface area (Å²) in [4.78, 5) is 13.8. The van der Waals surface area contributed by atoms with Crippen LogP contribution in [0.2, 0.25) is 0 Å². The van der Waals surface area contributed by atoms with Crippen LogP contribution in [0.15, 0.2) is 16.9 Å². The number of hydrogen-bond donors (Lipinski definition) is 3. The summed E-state index contributed by atoms with van der Waals surface area (Å²) in [5.74, 6) is 0. The van der Waals surface area contributed by atoms with Crippen LogP contribution in [0.3, 0.4) is 0 Å². The number of aliphatic hydroxyl groups is 2. The van der Waals surface area contributed by atoms with Crippen molar-refractivity contribution in [1.82, 2.24) is 4.98 Å². The number of aromatic nitrogens is 1. The molecule has 0 bridgehead atoms. The Morgan fingerprint density at radius 3 is 2.62 bits per heavy atom. The van der Waals surface area contributed by atoms with Gasteiger partial charge in [0.15, 0.2) is 0 Å². The van der Waals surface area contributed by atoms with Crippen LogP contribution in [0.25, 0.3) is 0 Å². The predicted molar refractivity (Wildman–Crippen MR) is 76.7 cm³/mol. The summed E-state index contributed by atoms with van der Waals surface area (Å²) >= 11 is 10.5. The Morgan fingerprint density at radius 2 is 2.05 bits per heavy atom. The van der Waals surface area contributed by atoms with Gasteiger partial charge in [-0.05, 0) is 35.5 Å². The minimum Gasteiger partial charge on any atom is -0.387 e. The van der Waals surface area contributed by atoms with E-state index in [-0.39, 0.29) is 12.2 Å². The first-order valence-corrected chi connectivity index (χ1v) is 9.48. The highest BCUT2D eigenvalue weighted by Crippen LogP contribution is 2.57. The summed E-state index contributed by atoms with van der Waals surface area (Å²) < 4.78 is 21.3. The predicted octanol–water partition coefficient (Wildman–Crippen LogP) is 1.45. The third-order valence-corrected chi connectivity index (χ3v) is 4.25. The van der Waals surface area contributed by atoms with E-state index < -0.39 is 30.5 Å². The number of nitrogens with one attached hydrogen (secondary N) is 1. The Labute approximate surface area is 129 Å². The minimum absolute atomic E-state index is 0.283. The number of rotatable bonds is 4. The van der Waals surface area contributed by atoms with E-state index in [1.165, 1.54) is 12.1 Å². The second kappa shape index (κ2) is 6.38. The number of halogens is 2. The molecule has 1 aliphatic heterocycles. The van der Waals surface area contributed by atoms with Crippen LogP contribution in [0.4, 0.5) is 0 Å². The molecule has 1 saturated heterocycles. The number of aromatic amines is 1. The van der Waals surface area contributed by atoms with Gasteiger partial charge >= 0.3 is 6.07 Å². The van der Waals surface area contributed by atoms with Crippen LogP contribution in [-0.2, 0) is 13.8 Å². The second-order valence-corrected chi connectivity index (χ2v) is 8.97. The van der Waals surface area contributed by atoms with Crippen molar-refractivity contribution in [3.63, 3.8) is 0 Å². The Hall–Kier alpha value is -0.400. The number of ether oxygens (including phenoxy) is 1. The third-order valence-electron chi connectivity index (χ3n) is 3.22. The van der Waals surface area contributed by atoms with Crippen molar-refractivity contribution >= 4 is 28.6 Å². The SMILES string of the molecule is Cc1[nH]c(=O)ccc1[C@@H]1O[C@H](COP(=O)(Cl)Cl)C(O)C1O. The van der Waals surface area contributed by atoms with Gasteiger partial charge in [-0.1, -0.05) is 0 Å². The van der Waals surface area contributed by atoms with E-state index in [4.69, 9.17) is 31.7 Å². The molecule has 0 saturated carbocycles. The highest BCUT2D eigenvalue weighted by atomic mass is 35.9. The first-order valence-electron chi connectivity index (χ1n) is 6.04. The molecule has 0 amide bonds. The lowest BCUT2D eigenvalue weighted by atomic mass is 10.0. The van der Waals surface area contributed by atoms with E-state index in [1.807, 2.05) is 0 Å². The minimum atomic E-state index is -3.75. The molecule has 0 aromatic carbocycles. The van der Waals surface area contributed by atoms with E-state index in [0.29, 0.717) is 11.3 Å². The summed E-state index contributed by atoms with van der Waals surface area (Å²) in [6, 6.07) is 2.80. The summed E-state index contributed by atoms with van der Waals surface area (Å²) in [6.07, 6.45) is -8.03. The van der Waals surface area contributed by atoms with Crippen molar-refractivity contribution in [3.05, 3.63) is 33.7 Å². The zero-order valence-corrected chi connectivity index (χ0v) is 13.3. The molecule has 2 rings (SSSR count). The molecule has 0 radical (unpaired) electrons. The van der Waals surface area contributed by atoms with Gasteiger partial charge in [-0.15, -0.1) is 0 Å². The van der Waals surface area contributed by atoms with Gasteiger partial charge in [0.1, 0.15) is 24.4 Å². The maximum atomic E-state index is 11.2. The molecule has 0 aliphatic carbocycles. The quantitative estimate of drug-likeness (QED) is 0.703. The standard InChI is InChI=1S/C11H14Cl2NO6P/c1-5-6(2-3-8(15)14-5)11-10(17)9(16)7(20-11)4-19-21(12,13)18/h2-3,7,9-11,16-17H,4H2,1H3,(H,14,15)/t7-,9?,10?,11+/m1/s1. The molecule has 21 heavy (non-hydrogen) atoms. The largest absolute Gasteiger partial charge is 0.387 e. The van der Waals surface area contributed by atoms with Crippen LogP contribution in [-0.4, -0.2) is 40.1 Å². The molecule has 1 aromatic rings. The fourth-order valence-electron chi connectivity index (χ4n) is 2.20. The zero-order chi connectivity index (χ0) is 15.8. The summed E-state index contributed by atoms with van der Waals surface area (Å²) in [7, 11) is 0. The Morgan fingerprint density at radius 1 is 1.38 bits per heavy atom. The maximum Gasteiger partial charge on any atom is 0.380 e. The van der Waals surface area contributed by atoms with Crippen LogP contribution < -0.4 is 5.56 Å². The van der Waals surface area contributed by atoms with Crippen LogP contribution >= 0.6 is 28.6 Å². The summed E-state index contributed by atoms with van der Waals surface area (Å²) in [6.45, 7) is 1.32. The average Bonchev–Trinajstić information content (AvgIpc) is 2.64. The molecule has 2 unspecified atom stereocenters. The zero-order valence-electron chi connectivity index (χ0n) is 10.9. The number of aliphatic hydroxyl groups excluding tert-OH is 2. The molecule has 118 valence electrons. The van der Waals surface area contributed by atoms with Crippen molar-refractivity contribution in [2.75, 3.05) is 6.61 Å². The van der Waals surface area contributed by atoms with Gasteiger partial charge in [0.05, 0.1) is 6.61 Å². The topological polar surface area (TPSA) is 109 Å². The molecule has 1 fully saturated rings. The van der Waals surface area contributed by atoms with Crippen molar-refractivity contribution in [3.8, 4) is 0 Å². The highest BCUT2D eigenvalue weighted by molar-refractivity contribution is 8.05. The van der Waals surface area contributed by atoms with E-state index >= 15 is 0 Å². The molecule has 1 aromatic heterocycles. The third kappa shape index (κ3) is 4.07. The number of hydrogen-bond acceptors (Lipinski definition) is 6. The Bertz CT molecular complexity index is 617. The van der Waals surface area contributed by atoms with Gasteiger partial charge in [-0.3, -0.25) is 9.36 Å². The van der Waals surface area contributed by atoms with Crippen molar-refractivity contribution in [2.45, 2.75) is 31.3 Å². The average molecular weight is 358 g/mol. The van der Waals surface area contributed by atoms with Gasteiger partial charge in [0.2, 0.25) is 5.56 Å². The van der Waals surface area contributed by atoms with Gasteiger partial charge in [0.25, 0.3) is 0 Å². The lowest BCUT2D eigenvalue weighted by molar-refractivity contribution is -0.0155. The fourth-order valence-corrected chi connectivity index (χ4v) is 2.86. The van der Waals surface area contributed by atoms with Gasteiger partial charge in [-0.25, -0.2) is 0 Å². The lowest BCUT2D eigenvalue weighted by Crippen LogP contribution is -2.33. The molecule has 3 N–H and O–H groups in total.